The largest absolute Gasteiger partial charge is 0.503 e. The standard InChI is InChI=1S/C28H26N2O8S/c1-6-37-16-8-9-17-21(13-16)39-28(29-17)30-23(15-11-19(34-3)26(36-5)20(12-15)35-4)22(25(32)27(30)33)24(31)18-10-7-14(2)38-18/h7-13,23,32H,6H2,1-5H3/t23-/m1/s1. The lowest BCUT2D eigenvalue weighted by Crippen LogP contribution is -2.31. The van der Waals surface area contributed by atoms with Gasteiger partial charge in [-0.25, -0.2) is 4.98 Å². The minimum atomic E-state index is -1.07. The van der Waals surface area contributed by atoms with Gasteiger partial charge in [0.15, 0.2) is 28.1 Å². The van der Waals surface area contributed by atoms with Gasteiger partial charge in [-0.05, 0) is 61.9 Å². The summed E-state index contributed by atoms with van der Waals surface area (Å²) >= 11 is 1.23. The van der Waals surface area contributed by atoms with Crippen LogP contribution in [-0.2, 0) is 4.79 Å². The van der Waals surface area contributed by atoms with Crippen molar-refractivity contribution in [3.63, 3.8) is 0 Å². The number of carbonyl (C=O) groups is 2. The zero-order chi connectivity index (χ0) is 27.8. The number of amides is 1. The van der Waals surface area contributed by atoms with Crippen LogP contribution in [0.2, 0.25) is 0 Å². The van der Waals surface area contributed by atoms with Gasteiger partial charge in [0.2, 0.25) is 11.5 Å². The van der Waals surface area contributed by atoms with Crippen LogP contribution in [0.15, 0.2) is 58.2 Å². The van der Waals surface area contributed by atoms with Gasteiger partial charge >= 0.3 is 0 Å². The van der Waals surface area contributed by atoms with Crippen molar-refractivity contribution in [2.45, 2.75) is 19.9 Å². The Morgan fingerprint density at radius 3 is 2.38 bits per heavy atom. The zero-order valence-electron chi connectivity index (χ0n) is 21.9. The van der Waals surface area contributed by atoms with E-state index in [4.69, 9.17) is 23.4 Å². The zero-order valence-corrected chi connectivity index (χ0v) is 22.8. The number of nitrogens with zero attached hydrogens (tertiary/aromatic N) is 2. The molecule has 10 nitrogen and oxygen atoms in total. The summed E-state index contributed by atoms with van der Waals surface area (Å²) in [5.41, 5.74) is 0.913. The molecule has 2 aromatic heterocycles. The molecule has 39 heavy (non-hydrogen) atoms. The van der Waals surface area contributed by atoms with Gasteiger partial charge in [0.05, 0.1) is 49.8 Å². The van der Waals surface area contributed by atoms with E-state index in [0.717, 1.165) is 4.70 Å². The molecular weight excluding hydrogens is 524 g/mol. The Labute approximate surface area is 228 Å². The Hall–Kier alpha value is -4.51. The quantitative estimate of drug-likeness (QED) is 0.273. The number of benzene rings is 2. The first-order valence-electron chi connectivity index (χ1n) is 12.0. The molecule has 3 heterocycles. The van der Waals surface area contributed by atoms with E-state index in [0.29, 0.717) is 46.4 Å². The molecule has 0 aliphatic carbocycles. The highest BCUT2D eigenvalue weighted by molar-refractivity contribution is 7.22. The van der Waals surface area contributed by atoms with Gasteiger partial charge in [-0.3, -0.25) is 14.5 Å². The van der Waals surface area contributed by atoms with E-state index < -0.39 is 23.5 Å². The van der Waals surface area contributed by atoms with Crippen molar-refractivity contribution in [2.24, 2.45) is 0 Å². The molecule has 1 aliphatic rings. The van der Waals surface area contributed by atoms with Gasteiger partial charge < -0.3 is 28.5 Å². The molecule has 0 bridgehead atoms. The van der Waals surface area contributed by atoms with E-state index in [1.807, 2.05) is 13.0 Å². The summed E-state index contributed by atoms with van der Waals surface area (Å²) in [7, 11) is 4.41. The van der Waals surface area contributed by atoms with Gasteiger partial charge in [0.1, 0.15) is 11.5 Å². The van der Waals surface area contributed by atoms with E-state index in [9.17, 15) is 14.7 Å². The van der Waals surface area contributed by atoms with Crippen LogP contribution < -0.4 is 23.8 Å². The number of aryl methyl sites for hydroxylation is 1. The molecule has 1 aliphatic heterocycles. The Bertz CT molecular complexity index is 1590. The van der Waals surface area contributed by atoms with Gasteiger partial charge in [-0.15, -0.1) is 0 Å². The first kappa shape index (κ1) is 26.1. The second kappa shape index (κ2) is 10.3. The summed E-state index contributed by atoms with van der Waals surface area (Å²) in [6.07, 6.45) is 0. The number of Topliss-reactive ketones (excluding diaryl/α,β-unsaturated/α-hetero) is 1. The van der Waals surface area contributed by atoms with Crippen LogP contribution >= 0.6 is 11.3 Å². The van der Waals surface area contributed by atoms with Crippen molar-refractivity contribution in [2.75, 3.05) is 32.8 Å². The number of aliphatic hydroxyl groups is 1. The fourth-order valence-electron chi connectivity index (χ4n) is 4.55. The van der Waals surface area contributed by atoms with Crippen LogP contribution in [0.4, 0.5) is 5.13 Å². The molecule has 0 unspecified atom stereocenters. The maximum atomic E-state index is 13.7. The van der Waals surface area contributed by atoms with Crippen LogP contribution in [0.3, 0.4) is 0 Å². The van der Waals surface area contributed by atoms with Crippen LogP contribution in [0.1, 0.15) is 34.8 Å². The van der Waals surface area contributed by atoms with Crippen LogP contribution in [0.5, 0.6) is 23.0 Å². The lowest BCUT2D eigenvalue weighted by molar-refractivity contribution is -0.117. The van der Waals surface area contributed by atoms with E-state index in [1.165, 1.54) is 43.6 Å². The van der Waals surface area contributed by atoms with Gasteiger partial charge in [-0.1, -0.05) is 11.3 Å². The molecule has 1 N–H and O–H groups in total. The number of anilines is 1. The van der Waals surface area contributed by atoms with Crippen molar-refractivity contribution in [1.29, 1.82) is 0 Å². The molecule has 0 fully saturated rings. The first-order valence-corrected chi connectivity index (χ1v) is 12.8. The highest BCUT2D eigenvalue weighted by atomic mass is 32.1. The maximum Gasteiger partial charge on any atom is 0.296 e. The number of thiazole rings is 1. The molecule has 0 saturated carbocycles. The van der Waals surface area contributed by atoms with Crippen molar-refractivity contribution in [3.05, 3.63) is 70.9 Å². The Balaban J connectivity index is 1.71. The molecule has 1 atom stereocenters. The number of aromatic nitrogens is 1. The highest BCUT2D eigenvalue weighted by Gasteiger charge is 2.47. The molecule has 0 radical (unpaired) electrons. The average Bonchev–Trinajstić information content (AvgIpc) is 3.63. The highest BCUT2D eigenvalue weighted by Crippen LogP contribution is 2.48. The topological polar surface area (TPSA) is 121 Å². The van der Waals surface area contributed by atoms with Crippen LogP contribution in [-0.4, -0.2) is 49.7 Å². The van der Waals surface area contributed by atoms with Crippen molar-refractivity contribution >= 4 is 38.4 Å². The number of ether oxygens (including phenoxy) is 4. The second-order valence-electron chi connectivity index (χ2n) is 8.60. The SMILES string of the molecule is CCOc1ccc2nc(N3C(=O)C(O)=C(C(=O)c4ccc(C)o4)[C@H]3c3cc(OC)c(OC)c(OC)c3)sc2c1. The summed E-state index contributed by atoms with van der Waals surface area (Å²) in [6.45, 7) is 4.09. The molecule has 1 amide bonds. The molecule has 202 valence electrons. The summed E-state index contributed by atoms with van der Waals surface area (Å²) in [4.78, 5) is 33.2. The van der Waals surface area contributed by atoms with Gasteiger partial charge in [0.25, 0.3) is 5.91 Å². The molecule has 11 heteroatoms. The summed E-state index contributed by atoms with van der Waals surface area (Å²) in [5.74, 6) is 0.0485. The Morgan fingerprint density at radius 1 is 1.08 bits per heavy atom. The molecule has 2 aromatic carbocycles. The number of carbonyl (C=O) groups excluding carboxylic acids is 2. The number of methoxy groups -OCH3 is 3. The summed E-state index contributed by atoms with van der Waals surface area (Å²) in [6, 6.07) is 10.7. The third-order valence-corrected chi connectivity index (χ3v) is 7.30. The van der Waals surface area contributed by atoms with E-state index in [1.54, 1.807) is 37.3 Å². The second-order valence-corrected chi connectivity index (χ2v) is 9.61. The normalized spacial score (nSPS) is 15.3. The molecule has 0 spiro atoms. The number of ketones is 1. The minimum absolute atomic E-state index is 0.00759. The number of hydrogen-bond acceptors (Lipinski definition) is 10. The predicted molar refractivity (Wildman–Crippen MR) is 145 cm³/mol. The fraction of sp³-hybridized carbons (Fsp3) is 0.250. The molecule has 0 saturated heterocycles. The van der Waals surface area contributed by atoms with Crippen LogP contribution in [0, 0.1) is 6.92 Å². The van der Waals surface area contributed by atoms with E-state index in [2.05, 4.69) is 4.98 Å². The minimum Gasteiger partial charge on any atom is -0.503 e. The molecule has 5 rings (SSSR count). The predicted octanol–water partition coefficient (Wildman–Crippen LogP) is 5.41. The first-order chi connectivity index (χ1) is 18.8. The third-order valence-electron chi connectivity index (χ3n) is 6.29. The van der Waals surface area contributed by atoms with E-state index >= 15 is 0 Å². The molecular formula is C28H26N2O8S. The fourth-order valence-corrected chi connectivity index (χ4v) is 5.57. The average molecular weight is 551 g/mol. The lowest BCUT2D eigenvalue weighted by Gasteiger charge is -2.25. The Kier molecular flexibility index (Phi) is 6.92. The summed E-state index contributed by atoms with van der Waals surface area (Å²) < 4.78 is 28.4. The van der Waals surface area contributed by atoms with Crippen LogP contribution in [0.25, 0.3) is 10.2 Å². The van der Waals surface area contributed by atoms with Crippen molar-refractivity contribution in [1.82, 2.24) is 4.98 Å². The monoisotopic (exact) mass is 550 g/mol. The maximum absolute atomic E-state index is 13.7. The summed E-state index contributed by atoms with van der Waals surface area (Å²) in [5, 5.41) is 11.4. The van der Waals surface area contributed by atoms with Crippen molar-refractivity contribution < 1.29 is 38.1 Å². The van der Waals surface area contributed by atoms with Crippen molar-refractivity contribution in [3.8, 4) is 23.0 Å². The number of hydrogen-bond donors (Lipinski definition) is 1. The number of furan rings is 1. The van der Waals surface area contributed by atoms with E-state index in [-0.39, 0.29) is 16.5 Å². The van der Waals surface area contributed by atoms with Gasteiger partial charge in [0, 0.05) is 0 Å². The Morgan fingerprint density at radius 2 is 1.79 bits per heavy atom. The number of rotatable bonds is 9. The lowest BCUT2D eigenvalue weighted by atomic mass is 9.94. The third kappa shape index (κ3) is 4.44. The van der Waals surface area contributed by atoms with Gasteiger partial charge in [-0.2, -0.15) is 0 Å². The smallest absolute Gasteiger partial charge is 0.296 e. The number of aliphatic hydroxyl groups excluding tert-OH is 1. The molecule has 4 aromatic rings. The number of fused-ring (bicyclic) bond motifs is 1.